The van der Waals surface area contributed by atoms with Gasteiger partial charge in [-0.2, -0.15) is 5.26 Å². The molecule has 0 saturated heterocycles. The number of nitrogens with one attached hydrogen (secondary N) is 1. The van der Waals surface area contributed by atoms with E-state index in [4.69, 9.17) is 0 Å². The van der Waals surface area contributed by atoms with E-state index in [1.807, 2.05) is 38.1 Å². The Balaban J connectivity index is 2.26. The predicted octanol–water partition coefficient (Wildman–Crippen LogP) is 3.99. The lowest BCUT2D eigenvalue weighted by Crippen LogP contribution is -2.15. The van der Waals surface area contributed by atoms with Crippen molar-refractivity contribution in [1.82, 2.24) is 0 Å². The van der Waals surface area contributed by atoms with Gasteiger partial charge in [0.2, 0.25) is 0 Å². The van der Waals surface area contributed by atoms with Crippen LogP contribution in [0.2, 0.25) is 0 Å². The number of halogens is 1. The molecule has 0 radical (unpaired) electrons. The zero-order chi connectivity index (χ0) is 16.1. The maximum atomic E-state index is 12.9. The molecule has 2 aromatic carbocycles. The molecule has 0 fully saturated rings. The fourth-order valence-electron chi connectivity index (χ4n) is 2.07. The van der Waals surface area contributed by atoms with Gasteiger partial charge in [-0.15, -0.1) is 0 Å². The molecule has 0 unspecified atom stereocenters. The molecule has 0 aliphatic heterocycles. The molecule has 0 saturated carbocycles. The monoisotopic (exact) mass is 294 g/mol. The second-order valence-electron chi connectivity index (χ2n) is 4.94. The highest BCUT2D eigenvalue weighted by Gasteiger charge is 2.12. The smallest absolute Gasteiger partial charge is 0.266 e. The van der Waals surface area contributed by atoms with E-state index >= 15 is 0 Å². The Bertz CT molecular complexity index is 750. The topological polar surface area (TPSA) is 52.9 Å². The Morgan fingerprint density at radius 1 is 1.14 bits per heavy atom. The molecular formula is C18H15FN2O. The molecule has 0 aliphatic carbocycles. The fraction of sp³-hybridized carbons (Fsp3) is 0.111. The highest BCUT2D eigenvalue weighted by atomic mass is 19.1. The van der Waals surface area contributed by atoms with Crippen LogP contribution in [0, 0.1) is 31.0 Å². The number of hydrogen-bond acceptors (Lipinski definition) is 2. The number of para-hydroxylation sites is 1. The first-order chi connectivity index (χ1) is 10.5. The number of amides is 1. The molecule has 0 aliphatic rings. The van der Waals surface area contributed by atoms with Gasteiger partial charge in [-0.1, -0.05) is 30.3 Å². The van der Waals surface area contributed by atoms with Gasteiger partial charge in [0.25, 0.3) is 5.91 Å². The third-order valence-electron chi connectivity index (χ3n) is 3.27. The van der Waals surface area contributed by atoms with Gasteiger partial charge < -0.3 is 5.32 Å². The lowest BCUT2D eigenvalue weighted by atomic mass is 10.1. The molecular weight excluding hydrogens is 279 g/mol. The summed E-state index contributed by atoms with van der Waals surface area (Å²) in [5.74, 6) is -0.847. The van der Waals surface area contributed by atoms with E-state index in [0.29, 0.717) is 11.3 Å². The van der Waals surface area contributed by atoms with Gasteiger partial charge in [-0.3, -0.25) is 4.79 Å². The first-order valence-corrected chi connectivity index (χ1v) is 6.76. The van der Waals surface area contributed by atoms with Crippen LogP contribution in [0.15, 0.2) is 48.0 Å². The van der Waals surface area contributed by atoms with E-state index in [0.717, 1.165) is 11.1 Å². The zero-order valence-corrected chi connectivity index (χ0v) is 12.4. The van der Waals surface area contributed by atoms with Crippen molar-refractivity contribution >= 4 is 17.7 Å². The molecule has 0 heterocycles. The van der Waals surface area contributed by atoms with Crippen molar-refractivity contribution in [3.05, 3.63) is 70.5 Å². The van der Waals surface area contributed by atoms with Gasteiger partial charge in [0.15, 0.2) is 0 Å². The summed E-state index contributed by atoms with van der Waals surface area (Å²) in [4.78, 5) is 12.2. The van der Waals surface area contributed by atoms with Crippen molar-refractivity contribution in [3.8, 4) is 6.07 Å². The molecule has 2 rings (SSSR count). The van der Waals surface area contributed by atoms with Gasteiger partial charge in [0.05, 0.1) is 0 Å². The summed E-state index contributed by atoms with van der Waals surface area (Å²) in [6.45, 7) is 3.77. The van der Waals surface area contributed by atoms with Crippen LogP contribution in [0.25, 0.3) is 6.08 Å². The number of hydrogen-bond donors (Lipinski definition) is 1. The average molecular weight is 294 g/mol. The number of nitriles is 1. The molecule has 0 bridgehead atoms. The van der Waals surface area contributed by atoms with Gasteiger partial charge in [0, 0.05) is 5.69 Å². The van der Waals surface area contributed by atoms with Gasteiger partial charge >= 0.3 is 0 Å². The Morgan fingerprint density at radius 3 is 2.27 bits per heavy atom. The number of carbonyl (C=O) groups is 1. The lowest BCUT2D eigenvalue weighted by molar-refractivity contribution is -0.112. The number of anilines is 1. The van der Waals surface area contributed by atoms with E-state index in [9.17, 15) is 14.4 Å². The quantitative estimate of drug-likeness (QED) is 0.687. The largest absolute Gasteiger partial charge is 0.321 e. The molecule has 3 nitrogen and oxygen atoms in total. The van der Waals surface area contributed by atoms with E-state index in [1.54, 1.807) is 0 Å². The maximum Gasteiger partial charge on any atom is 0.266 e. The highest BCUT2D eigenvalue weighted by Crippen LogP contribution is 2.20. The normalized spacial score (nSPS) is 10.9. The second kappa shape index (κ2) is 6.68. The number of carbonyl (C=O) groups excluding carboxylic acids is 1. The summed E-state index contributed by atoms with van der Waals surface area (Å²) in [5.41, 5.74) is 3.11. The van der Waals surface area contributed by atoms with Crippen molar-refractivity contribution in [3.63, 3.8) is 0 Å². The van der Waals surface area contributed by atoms with Crippen LogP contribution in [-0.2, 0) is 4.79 Å². The molecule has 0 aromatic heterocycles. The molecule has 4 heteroatoms. The second-order valence-corrected chi connectivity index (χ2v) is 4.94. The van der Waals surface area contributed by atoms with E-state index in [1.165, 1.54) is 30.3 Å². The van der Waals surface area contributed by atoms with Gasteiger partial charge in [0.1, 0.15) is 17.5 Å². The van der Waals surface area contributed by atoms with Crippen molar-refractivity contribution in [1.29, 1.82) is 5.26 Å². The third kappa shape index (κ3) is 3.58. The van der Waals surface area contributed by atoms with Crippen LogP contribution in [0.5, 0.6) is 0 Å². The Morgan fingerprint density at radius 2 is 1.73 bits per heavy atom. The Hall–Kier alpha value is -2.93. The first kappa shape index (κ1) is 15.5. The minimum atomic E-state index is -0.482. The number of rotatable bonds is 3. The van der Waals surface area contributed by atoms with Crippen LogP contribution in [0.3, 0.4) is 0 Å². The van der Waals surface area contributed by atoms with E-state index < -0.39 is 5.91 Å². The molecule has 1 amide bonds. The maximum absolute atomic E-state index is 12.9. The summed E-state index contributed by atoms with van der Waals surface area (Å²) >= 11 is 0. The third-order valence-corrected chi connectivity index (χ3v) is 3.27. The van der Waals surface area contributed by atoms with Crippen LogP contribution in [-0.4, -0.2) is 5.91 Å². The van der Waals surface area contributed by atoms with Crippen LogP contribution in [0.1, 0.15) is 16.7 Å². The van der Waals surface area contributed by atoms with Gasteiger partial charge in [-0.25, -0.2) is 4.39 Å². The summed E-state index contributed by atoms with van der Waals surface area (Å²) in [5, 5.41) is 11.9. The van der Waals surface area contributed by atoms with Crippen molar-refractivity contribution in [2.24, 2.45) is 0 Å². The van der Waals surface area contributed by atoms with Crippen LogP contribution < -0.4 is 5.32 Å². The standard InChI is InChI=1S/C18H15FN2O/c1-12-4-3-5-13(2)17(12)21-18(22)15(11-20)10-14-6-8-16(19)9-7-14/h3-10H,1-2H3,(H,21,22)/b15-10-. The number of nitrogens with zero attached hydrogens (tertiary/aromatic N) is 1. The average Bonchev–Trinajstić information content (AvgIpc) is 2.50. The first-order valence-electron chi connectivity index (χ1n) is 6.76. The van der Waals surface area contributed by atoms with Gasteiger partial charge in [-0.05, 0) is 48.7 Å². The molecule has 1 N–H and O–H groups in total. The van der Waals surface area contributed by atoms with Crippen molar-refractivity contribution in [2.45, 2.75) is 13.8 Å². The lowest BCUT2D eigenvalue weighted by Gasteiger charge is -2.10. The SMILES string of the molecule is Cc1cccc(C)c1NC(=O)/C(C#N)=C\c1ccc(F)cc1. The summed E-state index contributed by atoms with van der Waals surface area (Å²) in [6, 6.07) is 13.1. The summed E-state index contributed by atoms with van der Waals surface area (Å²) < 4.78 is 12.9. The molecule has 110 valence electrons. The Kier molecular flexibility index (Phi) is 4.70. The van der Waals surface area contributed by atoms with Crippen molar-refractivity contribution in [2.75, 3.05) is 5.32 Å². The highest BCUT2D eigenvalue weighted by molar-refractivity contribution is 6.10. The van der Waals surface area contributed by atoms with Crippen molar-refractivity contribution < 1.29 is 9.18 Å². The van der Waals surface area contributed by atoms with E-state index in [2.05, 4.69) is 5.32 Å². The van der Waals surface area contributed by atoms with E-state index in [-0.39, 0.29) is 11.4 Å². The molecule has 22 heavy (non-hydrogen) atoms. The molecule has 0 spiro atoms. The minimum absolute atomic E-state index is 0.0331. The number of benzene rings is 2. The Labute approximate surface area is 128 Å². The molecule has 2 aromatic rings. The minimum Gasteiger partial charge on any atom is -0.321 e. The van der Waals surface area contributed by atoms with Crippen LogP contribution in [0.4, 0.5) is 10.1 Å². The number of aryl methyl sites for hydroxylation is 2. The summed E-state index contributed by atoms with van der Waals surface area (Å²) in [7, 11) is 0. The predicted molar refractivity (Wildman–Crippen MR) is 84.5 cm³/mol. The zero-order valence-electron chi connectivity index (χ0n) is 12.4. The fourth-order valence-corrected chi connectivity index (χ4v) is 2.07. The van der Waals surface area contributed by atoms with Crippen LogP contribution >= 0.6 is 0 Å². The summed E-state index contributed by atoms with van der Waals surface area (Å²) in [6.07, 6.45) is 1.43. The molecule has 0 atom stereocenters.